The summed E-state index contributed by atoms with van der Waals surface area (Å²) in [5.41, 5.74) is 1.73. The van der Waals surface area contributed by atoms with Crippen LogP contribution in [0.3, 0.4) is 0 Å². The molecular weight excluding hydrogens is 425 g/mol. The Morgan fingerprint density at radius 2 is 2.21 bits per heavy atom. The van der Waals surface area contributed by atoms with Crippen molar-refractivity contribution in [3.63, 3.8) is 0 Å². The molecule has 0 unspecified atom stereocenters. The molecule has 1 aromatic carbocycles. The van der Waals surface area contributed by atoms with E-state index >= 15 is 0 Å². The van der Waals surface area contributed by atoms with Crippen molar-refractivity contribution in [3.05, 3.63) is 49.4 Å². The quantitative estimate of drug-likeness (QED) is 0.576. The van der Waals surface area contributed by atoms with Gasteiger partial charge in [-0.05, 0) is 40.5 Å². The van der Waals surface area contributed by atoms with Crippen molar-refractivity contribution >= 4 is 56.4 Å². The van der Waals surface area contributed by atoms with Crippen molar-refractivity contribution in [2.75, 3.05) is 0 Å². The topological polar surface area (TPSA) is 62.8 Å². The molecule has 1 aromatic heterocycles. The highest BCUT2D eigenvalue weighted by Crippen LogP contribution is 2.24. The molecule has 1 heterocycles. The molecule has 4 nitrogen and oxygen atoms in total. The Labute approximate surface area is 131 Å². The van der Waals surface area contributed by atoms with Crippen LogP contribution in [0.5, 0.6) is 0 Å². The van der Waals surface area contributed by atoms with Crippen molar-refractivity contribution < 1.29 is 14.3 Å². The van der Waals surface area contributed by atoms with E-state index in [4.69, 9.17) is 9.52 Å². The number of nitrogens with zero attached hydrogens (tertiary/aromatic N) is 1. The second-order valence-electron chi connectivity index (χ2n) is 3.84. The van der Waals surface area contributed by atoms with Gasteiger partial charge in [-0.15, -0.1) is 0 Å². The minimum Gasteiger partial charge on any atom is -0.478 e. The van der Waals surface area contributed by atoms with Gasteiger partial charge in [0.2, 0.25) is 0 Å². The van der Waals surface area contributed by atoms with E-state index in [0.29, 0.717) is 11.4 Å². The van der Waals surface area contributed by atoms with Gasteiger partial charge in [-0.1, -0.05) is 6.07 Å². The largest absolute Gasteiger partial charge is 0.478 e. The minimum atomic E-state index is -0.966. The van der Waals surface area contributed by atoms with Crippen LogP contribution in [0.2, 0.25) is 0 Å². The number of aliphatic imine (C=N–C) groups is 1. The summed E-state index contributed by atoms with van der Waals surface area (Å²) < 4.78 is 7.04. The van der Waals surface area contributed by atoms with Gasteiger partial charge in [-0.2, -0.15) is 0 Å². The molecule has 2 aromatic rings. The summed E-state index contributed by atoms with van der Waals surface area (Å²) in [6, 6.07) is 6.64. The maximum Gasteiger partial charge on any atom is 0.335 e. The molecule has 0 fully saturated rings. The van der Waals surface area contributed by atoms with Crippen LogP contribution in [0.1, 0.15) is 21.7 Å². The molecule has 0 spiro atoms. The molecular formula is C13H9BrINO3. The number of carboxylic acid groups (broad SMARTS) is 1. The highest BCUT2D eigenvalue weighted by atomic mass is 127. The number of benzene rings is 1. The zero-order valence-electron chi connectivity index (χ0n) is 9.85. The molecule has 0 aliphatic heterocycles. The lowest BCUT2D eigenvalue weighted by molar-refractivity contribution is 0.0697. The van der Waals surface area contributed by atoms with Crippen LogP contribution in [0.4, 0.5) is 5.69 Å². The first-order valence-corrected chi connectivity index (χ1v) is 7.17. The van der Waals surface area contributed by atoms with Crippen molar-refractivity contribution in [1.29, 1.82) is 0 Å². The first-order chi connectivity index (χ1) is 8.97. The Bertz CT molecular complexity index is 644. The van der Waals surface area contributed by atoms with Crippen LogP contribution in [0.15, 0.2) is 38.1 Å². The smallest absolute Gasteiger partial charge is 0.335 e. The number of hydrogen-bond acceptors (Lipinski definition) is 3. The van der Waals surface area contributed by atoms with E-state index in [9.17, 15) is 4.79 Å². The number of furan rings is 1. The second-order valence-corrected chi connectivity index (χ2v) is 5.67. The van der Waals surface area contributed by atoms with Gasteiger partial charge in [0.25, 0.3) is 0 Å². The van der Waals surface area contributed by atoms with Crippen LogP contribution in [0.25, 0.3) is 0 Å². The Kier molecular flexibility index (Phi) is 4.41. The third-order valence-corrected chi connectivity index (χ3v) is 4.58. The summed E-state index contributed by atoms with van der Waals surface area (Å²) in [5, 5.41) is 8.95. The summed E-state index contributed by atoms with van der Waals surface area (Å²) >= 11 is 5.41. The molecule has 0 saturated heterocycles. The normalized spacial score (nSPS) is 11.1. The summed E-state index contributed by atoms with van der Waals surface area (Å²) in [7, 11) is 0. The summed E-state index contributed by atoms with van der Waals surface area (Å²) in [6.45, 7) is 1.88. The van der Waals surface area contributed by atoms with Crippen molar-refractivity contribution in [2.45, 2.75) is 6.92 Å². The Morgan fingerprint density at radius 1 is 1.47 bits per heavy atom. The van der Waals surface area contributed by atoms with Crippen molar-refractivity contribution in [1.82, 2.24) is 0 Å². The van der Waals surface area contributed by atoms with Gasteiger partial charge in [0.1, 0.15) is 5.76 Å². The summed E-state index contributed by atoms with van der Waals surface area (Å²) in [4.78, 5) is 15.2. The molecule has 0 aliphatic carbocycles. The monoisotopic (exact) mass is 433 g/mol. The first-order valence-electron chi connectivity index (χ1n) is 5.30. The van der Waals surface area contributed by atoms with Gasteiger partial charge < -0.3 is 9.52 Å². The van der Waals surface area contributed by atoms with Gasteiger partial charge in [-0.25, -0.2) is 4.79 Å². The fourth-order valence-corrected chi connectivity index (χ4v) is 2.16. The van der Waals surface area contributed by atoms with Crippen LogP contribution in [0, 0.1) is 10.7 Å². The molecule has 0 amide bonds. The SMILES string of the molecule is Cc1ccc(C(=O)O)cc1N=Cc1cc(Br)c(I)o1. The zero-order chi connectivity index (χ0) is 14.0. The molecule has 0 aliphatic rings. The molecule has 0 saturated carbocycles. The van der Waals surface area contributed by atoms with Gasteiger partial charge in [0.05, 0.1) is 21.9 Å². The molecule has 98 valence electrons. The van der Waals surface area contributed by atoms with Crippen LogP contribution >= 0.6 is 38.5 Å². The van der Waals surface area contributed by atoms with E-state index in [0.717, 1.165) is 13.8 Å². The van der Waals surface area contributed by atoms with E-state index < -0.39 is 5.97 Å². The van der Waals surface area contributed by atoms with E-state index in [1.165, 1.54) is 6.07 Å². The average molecular weight is 434 g/mol. The fourth-order valence-electron chi connectivity index (χ4n) is 1.44. The van der Waals surface area contributed by atoms with E-state index in [1.807, 2.05) is 13.0 Å². The first kappa shape index (κ1) is 14.3. The Morgan fingerprint density at radius 3 is 2.79 bits per heavy atom. The highest BCUT2D eigenvalue weighted by Gasteiger charge is 2.06. The van der Waals surface area contributed by atoms with Gasteiger partial charge in [-0.3, -0.25) is 4.99 Å². The van der Waals surface area contributed by atoms with Crippen molar-refractivity contribution in [2.24, 2.45) is 4.99 Å². The molecule has 19 heavy (non-hydrogen) atoms. The molecule has 2 rings (SSSR count). The van der Waals surface area contributed by atoms with Crippen LogP contribution in [-0.2, 0) is 0 Å². The van der Waals surface area contributed by atoms with Gasteiger partial charge in [0.15, 0.2) is 3.77 Å². The number of rotatable bonds is 3. The van der Waals surface area contributed by atoms with Gasteiger partial charge >= 0.3 is 5.97 Å². The lowest BCUT2D eigenvalue weighted by Gasteiger charge is -2.01. The van der Waals surface area contributed by atoms with E-state index in [1.54, 1.807) is 18.3 Å². The van der Waals surface area contributed by atoms with Gasteiger partial charge in [0, 0.05) is 28.7 Å². The van der Waals surface area contributed by atoms with Crippen molar-refractivity contribution in [3.8, 4) is 0 Å². The molecule has 0 bridgehead atoms. The summed E-state index contributed by atoms with van der Waals surface area (Å²) in [5.74, 6) is -0.358. The lowest BCUT2D eigenvalue weighted by atomic mass is 10.1. The predicted molar refractivity (Wildman–Crippen MR) is 84.5 cm³/mol. The Hall–Kier alpha value is -1.15. The zero-order valence-corrected chi connectivity index (χ0v) is 13.6. The van der Waals surface area contributed by atoms with E-state index in [2.05, 4.69) is 43.5 Å². The average Bonchev–Trinajstić information content (AvgIpc) is 2.67. The second kappa shape index (κ2) is 5.87. The maximum atomic E-state index is 10.9. The van der Waals surface area contributed by atoms with E-state index in [-0.39, 0.29) is 5.56 Å². The minimum absolute atomic E-state index is 0.216. The number of aromatic carboxylic acids is 1. The fraction of sp³-hybridized carbons (Fsp3) is 0.0769. The number of aryl methyl sites for hydroxylation is 1. The lowest BCUT2D eigenvalue weighted by Crippen LogP contribution is -1.95. The number of halogens is 2. The highest BCUT2D eigenvalue weighted by molar-refractivity contribution is 14.1. The number of hydrogen-bond donors (Lipinski definition) is 1. The molecule has 1 N–H and O–H groups in total. The number of carboxylic acids is 1. The molecule has 6 heteroatoms. The third-order valence-electron chi connectivity index (χ3n) is 2.45. The standard InChI is InChI=1S/C13H9BrINO3/c1-7-2-3-8(13(17)18)4-11(7)16-6-9-5-10(14)12(15)19-9/h2-6H,1H3,(H,17,18). The van der Waals surface area contributed by atoms with Crippen LogP contribution < -0.4 is 0 Å². The van der Waals surface area contributed by atoms with Crippen LogP contribution in [-0.4, -0.2) is 17.3 Å². The predicted octanol–water partition coefficient (Wildman–Crippen LogP) is 4.40. The molecule has 0 radical (unpaired) electrons. The third kappa shape index (κ3) is 3.44. The summed E-state index contributed by atoms with van der Waals surface area (Å²) in [6.07, 6.45) is 1.57. The maximum absolute atomic E-state index is 10.9. The Balaban J connectivity index is 2.32. The molecule has 0 atom stereocenters. The number of carbonyl (C=O) groups is 1.